The third kappa shape index (κ3) is 3.28. The molecule has 0 aromatic heterocycles. The lowest BCUT2D eigenvalue weighted by atomic mass is 9.72. The van der Waals surface area contributed by atoms with Gasteiger partial charge in [0.1, 0.15) is 6.61 Å². The Bertz CT molecular complexity index is 208. The van der Waals surface area contributed by atoms with Crippen LogP contribution in [0.25, 0.3) is 0 Å². The van der Waals surface area contributed by atoms with Gasteiger partial charge in [0, 0.05) is 12.0 Å². The fraction of sp³-hybridized carbons (Fsp3) is 0.917. The molecule has 1 fully saturated rings. The maximum Gasteiger partial charge on any atom is 0.164 e. The highest BCUT2D eigenvalue weighted by Gasteiger charge is 2.36. The van der Waals surface area contributed by atoms with E-state index in [1.54, 1.807) is 0 Å². The molecule has 88 valence electrons. The fourth-order valence-electron chi connectivity index (χ4n) is 2.08. The standard InChI is InChI=1S/C12H23NO2/c1-4-15-9-11(14)12(2,3)10-6-5-7-13-8-10/h10,13H,4-9H2,1-3H3. The minimum atomic E-state index is -0.247. The van der Waals surface area contributed by atoms with E-state index < -0.39 is 0 Å². The minimum Gasteiger partial charge on any atom is -0.374 e. The van der Waals surface area contributed by atoms with Crippen LogP contribution < -0.4 is 5.32 Å². The molecule has 15 heavy (non-hydrogen) atoms. The van der Waals surface area contributed by atoms with Gasteiger partial charge in [0.25, 0.3) is 0 Å². The lowest BCUT2D eigenvalue weighted by molar-refractivity contribution is -0.135. The second kappa shape index (κ2) is 5.61. The zero-order valence-electron chi connectivity index (χ0n) is 10.1. The third-order valence-electron chi connectivity index (χ3n) is 3.47. The molecule has 0 aromatic carbocycles. The van der Waals surface area contributed by atoms with Crippen molar-refractivity contribution >= 4 is 5.78 Å². The Balaban J connectivity index is 2.51. The lowest BCUT2D eigenvalue weighted by Crippen LogP contribution is -2.43. The number of ether oxygens (including phenoxy) is 1. The van der Waals surface area contributed by atoms with Gasteiger partial charge in [-0.15, -0.1) is 0 Å². The van der Waals surface area contributed by atoms with Crippen molar-refractivity contribution in [1.29, 1.82) is 0 Å². The summed E-state index contributed by atoms with van der Waals surface area (Å²) in [5.74, 6) is 0.692. The van der Waals surface area contributed by atoms with E-state index in [0.717, 1.165) is 19.5 Å². The number of ketones is 1. The van der Waals surface area contributed by atoms with E-state index in [9.17, 15) is 4.79 Å². The molecule has 0 amide bonds. The Morgan fingerprint density at radius 1 is 1.53 bits per heavy atom. The predicted octanol–water partition coefficient (Wildman–Crippen LogP) is 1.62. The molecule has 0 bridgehead atoms. The number of rotatable bonds is 5. The van der Waals surface area contributed by atoms with Gasteiger partial charge in [-0.25, -0.2) is 0 Å². The topological polar surface area (TPSA) is 38.3 Å². The van der Waals surface area contributed by atoms with Crippen LogP contribution >= 0.6 is 0 Å². The van der Waals surface area contributed by atoms with Gasteiger partial charge in [0.15, 0.2) is 5.78 Å². The van der Waals surface area contributed by atoms with Crippen LogP contribution in [0, 0.1) is 11.3 Å². The van der Waals surface area contributed by atoms with Crippen LogP contribution in [0.15, 0.2) is 0 Å². The van der Waals surface area contributed by atoms with Crippen LogP contribution in [0.4, 0.5) is 0 Å². The average molecular weight is 213 g/mol. The normalized spacial score (nSPS) is 22.7. The van der Waals surface area contributed by atoms with Gasteiger partial charge in [0.05, 0.1) is 0 Å². The van der Waals surface area contributed by atoms with Crippen molar-refractivity contribution in [2.24, 2.45) is 11.3 Å². The summed E-state index contributed by atoms with van der Waals surface area (Å²) in [6.07, 6.45) is 2.33. The van der Waals surface area contributed by atoms with Crippen molar-refractivity contribution in [3.8, 4) is 0 Å². The van der Waals surface area contributed by atoms with Crippen LogP contribution in [0.5, 0.6) is 0 Å². The molecule has 1 heterocycles. The molecule has 1 atom stereocenters. The monoisotopic (exact) mass is 213 g/mol. The lowest BCUT2D eigenvalue weighted by Gasteiger charge is -2.35. The Hall–Kier alpha value is -0.410. The first-order valence-electron chi connectivity index (χ1n) is 5.90. The molecule has 1 rings (SSSR count). The first kappa shape index (κ1) is 12.7. The van der Waals surface area contributed by atoms with Gasteiger partial charge in [-0.2, -0.15) is 0 Å². The van der Waals surface area contributed by atoms with E-state index in [2.05, 4.69) is 5.32 Å². The average Bonchev–Trinajstić information content (AvgIpc) is 2.27. The Labute approximate surface area is 92.6 Å². The summed E-state index contributed by atoms with van der Waals surface area (Å²) in [6, 6.07) is 0. The Kier molecular flexibility index (Phi) is 4.74. The van der Waals surface area contributed by atoms with Crippen LogP contribution in [-0.2, 0) is 9.53 Å². The molecule has 0 saturated carbocycles. The molecule has 1 N–H and O–H groups in total. The van der Waals surface area contributed by atoms with Gasteiger partial charge in [-0.1, -0.05) is 13.8 Å². The molecule has 1 aliphatic heterocycles. The highest BCUT2D eigenvalue weighted by Crippen LogP contribution is 2.32. The number of hydrogen-bond acceptors (Lipinski definition) is 3. The van der Waals surface area contributed by atoms with E-state index in [4.69, 9.17) is 4.74 Å². The quantitative estimate of drug-likeness (QED) is 0.754. The van der Waals surface area contributed by atoms with Gasteiger partial charge in [-0.3, -0.25) is 4.79 Å². The van der Waals surface area contributed by atoms with Crippen molar-refractivity contribution in [2.75, 3.05) is 26.3 Å². The van der Waals surface area contributed by atoms with Gasteiger partial charge >= 0.3 is 0 Å². The number of carbonyl (C=O) groups excluding carboxylic acids is 1. The van der Waals surface area contributed by atoms with Crippen LogP contribution in [0.2, 0.25) is 0 Å². The van der Waals surface area contributed by atoms with Gasteiger partial charge < -0.3 is 10.1 Å². The van der Waals surface area contributed by atoms with Crippen molar-refractivity contribution in [2.45, 2.75) is 33.6 Å². The number of hydrogen-bond donors (Lipinski definition) is 1. The molecule has 0 radical (unpaired) electrons. The molecule has 0 spiro atoms. The van der Waals surface area contributed by atoms with E-state index in [0.29, 0.717) is 12.5 Å². The molecule has 3 nitrogen and oxygen atoms in total. The fourth-order valence-corrected chi connectivity index (χ4v) is 2.08. The van der Waals surface area contributed by atoms with Crippen molar-refractivity contribution in [3.63, 3.8) is 0 Å². The number of piperidine rings is 1. The van der Waals surface area contributed by atoms with Crippen molar-refractivity contribution in [1.82, 2.24) is 5.32 Å². The summed E-state index contributed by atoms with van der Waals surface area (Å²) in [5, 5.41) is 3.36. The maximum atomic E-state index is 12.0. The number of carbonyl (C=O) groups is 1. The van der Waals surface area contributed by atoms with Crippen molar-refractivity contribution in [3.05, 3.63) is 0 Å². The number of Topliss-reactive ketones (excluding diaryl/α,β-unsaturated/α-hetero) is 1. The summed E-state index contributed by atoms with van der Waals surface area (Å²) in [5.41, 5.74) is -0.247. The van der Waals surface area contributed by atoms with E-state index in [1.807, 2.05) is 20.8 Å². The molecule has 1 unspecified atom stereocenters. The first-order chi connectivity index (χ1) is 7.09. The zero-order valence-corrected chi connectivity index (χ0v) is 10.1. The second-order valence-electron chi connectivity index (χ2n) is 4.83. The highest BCUT2D eigenvalue weighted by atomic mass is 16.5. The molecule has 1 saturated heterocycles. The smallest absolute Gasteiger partial charge is 0.164 e. The van der Waals surface area contributed by atoms with Crippen LogP contribution in [-0.4, -0.2) is 32.1 Å². The first-order valence-corrected chi connectivity index (χ1v) is 5.90. The van der Waals surface area contributed by atoms with E-state index >= 15 is 0 Å². The predicted molar refractivity (Wildman–Crippen MR) is 60.9 cm³/mol. The van der Waals surface area contributed by atoms with Crippen LogP contribution in [0.1, 0.15) is 33.6 Å². The maximum absolute atomic E-state index is 12.0. The molecule has 0 aliphatic carbocycles. The van der Waals surface area contributed by atoms with E-state index in [-0.39, 0.29) is 17.8 Å². The molecule has 1 aliphatic rings. The van der Waals surface area contributed by atoms with Crippen LogP contribution in [0.3, 0.4) is 0 Å². The van der Waals surface area contributed by atoms with Gasteiger partial charge in [-0.05, 0) is 38.8 Å². The minimum absolute atomic E-state index is 0.234. The summed E-state index contributed by atoms with van der Waals surface area (Å²) >= 11 is 0. The van der Waals surface area contributed by atoms with Crippen molar-refractivity contribution < 1.29 is 9.53 Å². The van der Waals surface area contributed by atoms with E-state index in [1.165, 1.54) is 6.42 Å². The molecule has 3 heteroatoms. The second-order valence-corrected chi connectivity index (χ2v) is 4.83. The Morgan fingerprint density at radius 3 is 2.80 bits per heavy atom. The Morgan fingerprint density at radius 2 is 2.27 bits per heavy atom. The molecular weight excluding hydrogens is 190 g/mol. The summed E-state index contributed by atoms with van der Waals surface area (Å²) in [4.78, 5) is 12.0. The third-order valence-corrected chi connectivity index (χ3v) is 3.47. The van der Waals surface area contributed by atoms with Gasteiger partial charge in [0.2, 0.25) is 0 Å². The SMILES string of the molecule is CCOCC(=O)C(C)(C)C1CCCNC1. The molecular formula is C12H23NO2. The molecule has 0 aromatic rings. The highest BCUT2D eigenvalue weighted by molar-refractivity contribution is 5.85. The summed E-state index contributed by atoms with van der Waals surface area (Å²) in [6.45, 7) is 8.95. The summed E-state index contributed by atoms with van der Waals surface area (Å²) in [7, 11) is 0. The summed E-state index contributed by atoms with van der Waals surface area (Å²) < 4.78 is 5.20. The zero-order chi connectivity index (χ0) is 11.3. The largest absolute Gasteiger partial charge is 0.374 e. The number of nitrogens with one attached hydrogen (secondary N) is 1.